The summed E-state index contributed by atoms with van der Waals surface area (Å²) in [6.45, 7) is 2.45. The average Bonchev–Trinajstić information content (AvgIpc) is 2.95. The first kappa shape index (κ1) is 19.9. The van der Waals surface area contributed by atoms with Crippen molar-refractivity contribution < 1.29 is 19.1 Å². The molecule has 1 N–H and O–H groups in total. The Morgan fingerprint density at radius 2 is 1.68 bits per heavy atom. The van der Waals surface area contributed by atoms with Gasteiger partial charge in [0.1, 0.15) is 11.8 Å². The molecule has 0 saturated heterocycles. The van der Waals surface area contributed by atoms with Gasteiger partial charge in [-0.1, -0.05) is 12.1 Å². The van der Waals surface area contributed by atoms with E-state index >= 15 is 0 Å². The van der Waals surface area contributed by atoms with Gasteiger partial charge < -0.3 is 10.1 Å². The number of hydrogen-bond donors (Lipinski definition) is 1. The van der Waals surface area contributed by atoms with Crippen LogP contribution in [-0.2, 0) is 4.79 Å². The van der Waals surface area contributed by atoms with Crippen molar-refractivity contribution in [2.45, 2.75) is 19.4 Å². The monoisotopic (exact) mass is 398 g/mol. The van der Waals surface area contributed by atoms with Gasteiger partial charge in [-0.25, -0.2) is 0 Å². The number of hydrogen-bond acceptors (Lipinski definition) is 5. The Bertz CT molecular complexity index is 847. The molecule has 6 nitrogen and oxygen atoms in total. The van der Waals surface area contributed by atoms with Crippen LogP contribution >= 0.6 is 11.8 Å². The zero-order valence-electron chi connectivity index (χ0n) is 15.8. The van der Waals surface area contributed by atoms with Gasteiger partial charge in [-0.05, 0) is 61.8 Å². The summed E-state index contributed by atoms with van der Waals surface area (Å²) in [4.78, 5) is 39.6. The zero-order chi connectivity index (χ0) is 20.1. The molecule has 7 heteroatoms. The molecule has 0 aliphatic carbocycles. The highest BCUT2D eigenvalue weighted by atomic mass is 32.2. The van der Waals surface area contributed by atoms with Crippen LogP contribution in [0.1, 0.15) is 34.1 Å². The zero-order valence-corrected chi connectivity index (χ0v) is 16.6. The molecule has 0 aromatic heterocycles. The van der Waals surface area contributed by atoms with Crippen LogP contribution in [0.2, 0.25) is 0 Å². The average molecular weight is 398 g/mol. The van der Waals surface area contributed by atoms with Gasteiger partial charge in [0.2, 0.25) is 5.91 Å². The van der Waals surface area contributed by atoms with Gasteiger partial charge >= 0.3 is 0 Å². The number of nitrogens with one attached hydrogen (secondary N) is 1. The minimum atomic E-state index is -0.869. The number of amides is 3. The van der Waals surface area contributed by atoms with Crippen LogP contribution in [0.4, 0.5) is 5.69 Å². The molecule has 0 saturated carbocycles. The summed E-state index contributed by atoms with van der Waals surface area (Å²) in [5, 5.41) is 2.82. The maximum atomic E-state index is 13.0. The molecule has 0 bridgehead atoms. The van der Waals surface area contributed by atoms with E-state index in [2.05, 4.69) is 5.32 Å². The summed E-state index contributed by atoms with van der Waals surface area (Å²) in [7, 11) is 0. The molecule has 2 aromatic carbocycles. The van der Waals surface area contributed by atoms with Gasteiger partial charge in [-0.3, -0.25) is 19.3 Å². The molecular formula is C21H22N2O4S. The molecule has 146 valence electrons. The van der Waals surface area contributed by atoms with Crippen LogP contribution in [0.5, 0.6) is 5.75 Å². The van der Waals surface area contributed by atoms with Crippen molar-refractivity contribution in [2.75, 3.05) is 23.9 Å². The number of ether oxygens (including phenoxy) is 1. The minimum Gasteiger partial charge on any atom is -0.494 e. The predicted molar refractivity (Wildman–Crippen MR) is 110 cm³/mol. The molecule has 3 amide bonds. The largest absolute Gasteiger partial charge is 0.494 e. The lowest BCUT2D eigenvalue weighted by Crippen LogP contribution is -2.47. The fourth-order valence-electron chi connectivity index (χ4n) is 3.12. The molecule has 2 aromatic rings. The van der Waals surface area contributed by atoms with Crippen molar-refractivity contribution in [1.29, 1.82) is 0 Å². The van der Waals surface area contributed by atoms with Crippen LogP contribution in [0.3, 0.4) is 0 Å². The molecule has 1 aliphatic heterocycles. The third kappa shape index (κ3) is 4.04. The summed E-state index contributed by atoms with van der Waals surface area (Å²) >= 11 is 1.56. The van der Waals surface area contributed by atoms with E-state index in [0.717, 1.165) is 4.90 Å². The van der Waals surface area contributed by atoms with Crippen LogP contribution in [0, 0.1) is 0 Å². The van der Waals surface area contributed by atoms with Crippen LogP contribution < -0.4 is 10.1 Å². The number of anilines is 1. The van der Waals surface area contributed by atoms with E-state index in [1.807, 2.05) is 13.2 Å². The van der Waals surface area contributed by atoms with Crippen molar-refractivity contribution in [3.63, 3.8) is 0 Å². The Labute approximate surface area is 168 Å². The molecule has 1 heterocycles. The Kier molecular flexibility index (Phi) is 6.36. The van der Waals surface area contributed by atoms with Crippen molar-refractivity contribution in [3.05, 3.63) is 59.7 Å². The Morgan fingerprint density at radius 1 is 1.07 bits per heavy atom. The van der Waals surface area contributed by atoms with E-state index in [1.54, 1.807) is 60.3 Å². The third-order valence-electron chi connectivity index (χ3n) is 4.47. The van der Waals surface area contributed by atoms with Gasteiger partial charge in [0.25, 0.3) is 11.8 Å². The van der Waals surface area contributed by atoms with E-state index in [4.69, 9.17) is 4.74 Å². The normalized spacial score (nSPS) is 14.0. The Balaban J connectivity index is 1.81. The summed E-state index contributed by atoms with van der Waals surface area (Å²) in [5.41, 5.74) is 1.27. The van der Waals surface area contributed by atoms with E-state index < -0.39 is 17.9 Å². The summed E-state index contributed by atoms with van der Waals surface area (Å²) < 4.78 is 5.40. The molecule has 0 fully saturated rings. The standard InChI is InChI=1S/C21H22N2O4S/c1-3-27-15-10-8-14(9-11-15)22-19(24)18(12-13-28-2)23-20(25)16-6-4-5-7-17(16)21(23)26/h4-11,18H,3,12-13H2,1-2H3,(H,22,24)/t18-/m1/s1. The lowest BCUT2D eigenvalue weighted by molar-refractivity contribution is -0.120. The van der Waals surface area contributed by atoms with Crippen molar-refractivity contribution in [1.82, 2.24) is 4.90 Å². The Hall–Kier alpha value is -2.80. The Morgan fingerprint density at radius 3 is 2.21 bits per heavy atom. The van der Waals surface area contributed by atoms with Crippen molar-refractivity contribution in [2.24, 2.45) is 0 Å². The first-order valence-electron chi connectivity index (χ1n) is 9.06. The molecule has 1 atom stereocenters. The number of imide groups is 1. The van der Waals surface area contributed by atoms with Crippen LogP contribution in [-0.4, -0.2) is 47.3 Å². The predicted octanol–water partition coefficient (Wildman–Crippen LogP) is 3.44. The first-order valence-corrected chi connectivity index (χ1v) is 10.5. The van der Waals surface area contributed by atoms with Crippen LogP contribution in [0.15, 0.2) is 48.5 Å². The highest BCUT2D eigenvalue weighted by Crippen LogP contribution is 2.27. The smallest absolute Gasteiger partial charge is 0.262 e. The number of carbonyl (C=O) groups excluding carboxylic acids is 3. The van der Waals surface area contributed by atoms with Crippen molar-refractivity contribution in [3.8, 4) is 5.75 Å². The molecule has 28 heavy (non-hydrogen) atoms. The second-order valence-electron chi connectivity index (χ2n) is 6.27. The number of thioether (sulfide) groups is 1. The maximum Gasteiger partial charge on any atom is 0.262 e. The quantitative estimate of drug-likeness (QED) is 0.690. The number of nitrogens with zero attached hydrogens (tertiary/aromatic N) is 1. The fourth-order valence-corrected chi connectivity index (χ4v) is 3.58. The number of benzene rings is 2. The summed E-state index contributed by atoms with van der Waals surface area (Å²) in [5.74, 6) is 0.129. The van der Waals surface area contributed by atoms with E-state index in [1.165, 1.54) is 0 Å². The molecule has 0 spiro atoms. The number of carbonyl (C=O) groups is 3. The molecule has 0 radical (unpaired) electrons. The number of fused-ring (bicyclic) bond motifs is 1. The van der Waals surface area contributed by atoms with E-state index in [-0.39, 0.29) is 5.91 Å². The molecule has 0 unspecified atom stereocenters. The second-order valence-corrected chi connectivity index (χ2v) is 7.26. The van der Waals surface area contributed by atoms with Gasteiger partial charge in [0, 0.05) is 5.69 Å². The van der Waals surface area contributed by atoms with Crippen LogP contribution in [0.25, 0.3) is 0 Å². The van der Waals surface area contributed by atoms with E-state index in [0.29, 0.717) is 41.3 Å². The molecular weight excluding hydrogens is 376 g/mol. The highest BCUT2D eigenvalue weighted by molar-refractivity contribution is 7.98. The van der Waals surface area contributed by atoms with Gasteiger partial charge in [0.15, 0.2) is 0 Å². The first-order chi connectivity index (χ1) is 13.6. The number of rotatable bonds is 8. The lowest BCUT2D eigenvalue weighted by Gasteiger charge is -2.25. The van der Waals surface area contributed by atoms with E-state index in [9.17, 15) is 14.4 Å². The SMILES string of the molecule is CCOc1ccc(NC(=O)[C@@H](CCSC)N2C(=O)c3ccccc3C2=O)cc1. The van der Waals surface area contributed by atoms with Gasteiger partial charge in [0.05, 0.1) is 17.7 Å². The molecule has 3 rings (SSSR count). The highest BCUT2D eigenvalue weighted by Gasteiger charge is 2.42. The molecule has 1 aliphatic rings. The maximum absolute atomic E-state index is 13.0. The van der Waals surface area contributed by atoms with Gasteiger partial charge in [-0.15, -0.1) is 0 Å². The van der Waals surface area contributed by atoms with Crippen molar-refractivity contribution >= 4 is 35.2 Å². The van der Waals surface area contributed by atoms with Gasteiger partial charge in [-0.2, -0.15) is 11.8 Å². The third-order valence-corrected chi connectivity index (χ3v) is 5.11. The summed E-state index contributed by atoms with van der Waals surface area (Å²) in [6, 6.07) is 12.8. The minimum absolute atomic E-state index is 0.343. The topological polar surface area (TPSA) is 75.7 Å². The lowest BCUT2D eigenvalue weighted by atomic mass is 10.1. The summed E-state index contributed by atoms with van der Waals surface area (Å²) in [6.07, 6.45) is 2.30. The second kappa shape index (κ2) is 8.93. The fraction of sp³-hybridized carbons (Fsp3) is 0.286.